The second-order valence-electron chi connectivity index (χ2n) is 7.81. The molecule has 0 unspecified atom stereocenters. The van der Waals surface area contributed by atoms with Crippen LogP contribution in [0.25, 0.3) is 16.5 Å². The SMILES string of the molecule is C=C(c1cccc2ccccc12)N(CC)/C(=C\C)C(=O)N1CCN(C(C)C)CC1. The number of hydrogen-bond donors (Lipinski definition) is 0. The highest BCUT2D eigenvalue weighted by molar-refractivity contribution is 5.97. The van der Waals surface area contributed by atoms with Gasteiger partial charge in [-0.15, -0.1) is 0 Å². The van der Waals surface area contributed by atoms with Crippen LogP contribution in [0.2, 0.25) is 0 Å². The number of nitrogens with zero attached hydrogens (tertiary/aromatic N) is 3. The van der Waals surface area contributed by atoms with Crippen molar-refractivity contribution >= 4 is 22.4 Å². The van der Waals surface area contributed by atoms with E-state index in [9.17, 15) is 4.79 Å². The molecule has 1 aliphatic heterocycles. The van der Waals surface area contributed by atoms with Gasteiger partial charge in [-0.05, 0) is 38.5 Å². The summed E-state index contributed by atoms with van der Waals surface area (Å²) in [5.41, 5.74) is 2.65. The van der Waals surface area contributed by atoms with E-state index in [0.717, 1.165) is 42.8 Å². The van der Waals surface area contributed by atoms with E-state index in [1.54, 1.807) is 0 Å². The van der Waals surface area contributed by atoms with E-state index in [0.29, 0.717) is 18.3 Å². The molecule has 2 aromatic rings. The summed E-state index contributed by atoms with van der Waals surface area (Å²) in [5, 5.41) is 2.34. The van der Waals surface area contributed by atoms with Crippen molar-refractivity contribution in [2.24, 2.45) is 0 Å². The molecule has 0 aliphatic carbocycles. The summed E-state index contributed by atoms with van der Waals surface area (Å²) in [6, 6.07) is 15.1. The molecule has 0 radical (unpaired) electrons. The highest BCUT2D eigenvalue weighted by Gasteiger charge is 2.27. The number of likely N-dealkylation sites (N-methyl/N-ethyl adjacent to an activating group) is 1. The molecule has 3 rings (SSSR count). The van der Waals surface area contributed by atoms with Crippen LogP contribution in [0.1, 0.15) is 33.3 Å². The van der Waals surface area contributed by atoms with Crippen LogP contribution in [0.15, 0.2) is 60.8 Å². The zero-order valence-corrected chi connectivity index (χ0v) is 18.2. The topological polar surface area (TPSA) is 26.8 Å². The molecule has 0 N–H and O–H groups in total. The Hall–Kier alpha value is -2.59. The minimum atomic E-state index is 0.0964. The number of rotatable bonds is 6. The fraction of sp³-hybridized carbons (Fsp3) is 0.400. The van der Waals surface area contributed by atoms with Crippen LogP contribution >= 0.6 is 0 Å². The van der Waals surface area contributed by atoms with Gasteiger partial charge >= 0.3 is 0 Å². The molecule has 0 saturated carbocycles. The van der Waals surface area contributed by atoms with E-state index in [1.165, 1.54) is 5.39 Å². The summed E-state index contributed by atoms with van der Waals surface area (Å²) in [7, 11) is 0. The Balaban J connectivity index is 1.83. The molecule has 0 aromatic heterocycles. The van der Waals surface area contributed by atoms with Crippen LogP contribution in [0.4, 0.5) is 0 Å². The molecule has 1 saturated heterocycles. The average molecular weight is 392 g/mol. The fourth-order valence-electron chi connectivity index (χ4n) is 4.13. The molecular formula is C25H33N3O. The third-order valence-corrected chi connectivity index (χ3v) is 5.86. The van der Waals surface area contributed by atoms with Gasteiger partial charge in [-0.25, -0.2) is 0 Å². The van der Waals surface area contributed by atoms with Gasteiger partial charge in [0, 0.05) is 50.0 Å². The van der Waals surface area contributed by atoms with Crippen LogP contribution in [0.3, 0.4) is 0 Å². The number of carbonyl (C=O) groups excluding carboxylic acids is 1. The van der Waals surface area contributed by atoms with Gasteiger partial charge < -0.3 is 9.80 Å². The van der Waals surface area contributed by atoms with Gasteiger partial charge in [0.1, 0.15) is 5.70 Å². The lowest BCUT2D eigenvalue weighted by molar-refractivity contribution is -0.130. The van der Waals surface area contributed by atoms with Crippen molar-refractivity contribution in [3.63, 3.8) is 0 Å². The number of benzene rings is 2. The minimum absolute atomic E-state index is 0.0964. The first-order chi connectivity index (χ1) is 14.0. The van der Waals surface area contributed by atoms with Gasteiger partial charge in [0.2, 0.25) is 0 Å². The van der Waals surface area contributed by atoms with E-state index in [-0.39, 0.29) is 5.91 Å². The first-order valence-electron chi connectivity index (χ1n) is 10.6. The molecule has 1 heterocycles. The molecule has 4 nitrogen and oxygen atoms in total. The smallest absolute Gasteiger partial charge is 0.270 e. The van der Waals surface area contributed by atoms with Gasteiger partial charge in [-0.2, -0.15) is 0 Å². The zero-order valence-electron chi connectivity index (χ0n) is 18.2. The molecule has 0 bridgehead atoms. The summed E-state index contributed by atoms with van der Waals surface area (Å²) in [5.74, 6) is 0.0964. The van der Waals surface area contributed by atoms with E-state index >= 15 is 0 Å². The molecule has 4 heteroatoms. The lowest BCUT2D eigenvalue weighted by Crippen LogP contribution is -2.52. The van der Waals surface area contributed by atoms with E-state index < -0.39 is 0 Å². The molecule has 154 valence electrons. The average Bonchev–Trinajstić information content (AvgIpc) is 2.76. The van der Waals surface area contributed by atoms with Crippen molar-refractivity contribution in [3.05, 3.63) is 66.4 Å². The van der Waals surface area contributed by atoms with Gasteiger partial charge in [0.05, 0.1) is 0 Å². The number of fused-ring (bicyclic) bond motifs is 1. The second kappa shape index (κ2) is 9.27. The standard InChI is InChI=1S/C25H33N3O/c1-6-24(25(29)27-17-15-26(16-18-27)19(3)4)28(7-2)20(5)22-14-10-12-21-11-8-9-13-23(21)22/h6,8-14,19H,5,7,15-18H2,1-4H3/b24-6-. The van der Waals surface area contributed by atoms with Crippen molar-refractivity contribution in [1.29, 1.82) is 0 Å². The Kier molecular flexibility index (Phi) is 6.75. The Morgan fingerprint density at radius 2 is 1.76 bits per heavy atom. The van der Waals surface area contributed by atoms with Crippen molar-refractivity contribution in [1.82, 2.24) is 14.7 Å². The van der Waals surface area contributed by atoms with E-state index in [2.05, 4.69) is 67.5 Å². The summed E-state index contributed by atoms with van der Waals surface area (Å²) in [4.78, 5) is 19.8. The summed E-state index contributed by atoms with van der Waals surface area (Å²) in [6.45, 7) is 16.9. The van der Waals surface area contributed by atoms with Crippen molar-refractivity contribution in [2.45, 2.75) is 33.7 Å². The Bertz CT molecular complexity index is 902. The molecule has 0 atom stereocenters. The quantitative estimate of drug-likeness (QED) is 0.674. The van der Waals surface area contributed by atoms with Gasteiger partial charge in [0.15, 0.2) is 0 Å². The number of piperazine rings is 1. The highest BCUT2D eigenvalue weighted by atomic mass is 16.2. The summed E-state index contributed by atoms with van der Waals surface area (Å²) < 4.78 is 0. The van der Waals surface area contributed by atoms with Crippen molar-refractivity contribution < 1.29 is 4.79 Å². The van der Waals surface area contributed by atoms with Crippen LogP contribution in [-0.4, -0.2) is 59.4 Å². The Morgan fingerprint density at radius 1 is 1.10 bits per heavy atom. The molecule has 1 aliphatic rings. The van der Waals surface area contributed by atoms with Crippen molar-refractivity contribution in [2.75, 3.05) is 32.7 Å². The van der Waals surface area contributed by atoms with Crippen molar-refractivity contribution in [3.8, 4) is 0 Å². The van der Waals surface area contributed by atoms with Crippen LogP contribution < -0.4 is 0 Å². The number of allylic oxidation sites excluding steroid dienone is 1. The molecule has 0 spiro atoms. The first-order valence-corrected chi connectivity index (χ1v) is 10.6. The third-order valence-electron chi connectivity index (χ3n) is 5.86. The second-order valence-corrected chi connectivity index (χ2v) is 7.81. The maximum atomic E-state index is 13.4. The van der Waals surface area contributed by atoms with E-state index in [1.807, 2.05) is 30.0 Å². The molecule has 1 amide bonds. The lowest BCUT2D eigenvalue weighted by Gasteiger charge is -2.38. The normalized spacial score (nSPS) is 15.8. The maximum absolute atomic E-state index is 13.4. The summed E-state index contributed by atoms with van der Waals surface area (Å²) in [6.07, 6.45) is 1.93. The maximum Gasteiger partial charge on any atom is 0.270 e. The largest absolute Gasteiger partial charge is 0.338 e. The molecule has 1 fully saturated rings. The number of amides is 1. The molecular weight excluding hydrogens is 358 g/mol. The first kappa shape index (κ1) is 21.1. The lowest BCUT2D eigenvalue weighted by atomic mass is 10.0. The molecule has 29 heavy (non-hydrogen) atoms. The predicted octanol–water partition coefficient (Wildman–Crippen LogP) is 4.59. The minimum Gasteiger partial charge on any atom is -0.338 e. The fourth-order valence-corrected chi connectivity index (χ4v) is 4.13. The molecule has 2 aromatic carbocycles. The van der Waals surface area contributed by atoms with Crippen LogP contribution in [-0.2, 0) is 4.79 Å². The Morgan fingerprint density at radius 3 is 2.38 bits per heavy atom. The zero-order chi connectivity index (χ0) is 21.0. The van der Waals surface area contributed by atoms with Crippen LogP contribution in [0, 0.1) is 0 Å². The van der Waals surface area contributed by atoms with Gasteiger partial charge in [-0.1, -0.05) is 55.1 Å². The monoisotopic (exact) mass is 391 g/mol. The van der Waals surface area contributed by atoms with Gasteiger partial charge in [0.25, 0.3) is 5.91 Å². The Labute approximate surface area is 175 Å². The predicted molar refractivity (Wildman–Crippen MR) is 122 cm³/mol. The number of hydrogen-bond acceptors (Lipinski definition) is 3. The van der Waals surface area contributed by atoms with E-state index in [4.69, 9.17) is 0 Å². The van der Waals surface area contributed by atoms with Crippen LogP contribution in [0.5, 0.6) is 0 Å². The third kappa shape index (κ3) is 4.38. The van der Waals surface area contributed by atoms with Gasteiger partial charge in [-0.3, -0.25) is 9.69 Å². The highest BCUT2D eigenvalue weighted by Crippen LogP contribution is 2.29. The summed E-state index contributed by atoms with van der Waals surface area (Å²) >= 11 is 0. The number of carbonyl (C=O) groups is 1.